The Morgan fingerprint density at radius 3 is 1.73 bits per heavy atom. The first-order valence-corrected chi connectivity index (χ1v) is 12.9. The molecule has 0 aliphatic rings. The van der Waals surface area contributed by atoms with Gasteiger partial charge in [0.2, 0.25) is 0 Å². The van der Waals surface area contributed by atoms with Crippen LogP contribution in [0.1, 0.15) is 31.4 Å². The van der Waals surface area contributed by atoms with E-state index < -0.39 is 0 Å². The van der Waals surface area contributed by atoms with Crippen molar-refractivity contribution in [3.8, 4) is 11.5 Å². The number of carbonyl (C=O) groups is 1. The van der Waals surface area contributed by atoms with Gasteiger partial charge in [0, 0.05) is 25.5 Å². The van der Waals surface area contributed by atoms with Crippen LogP contribution in [0.3, 0.4) is 0 Å². The van der Waals surface area contributed by atoms with Crippen molar-refractivity contribution in [2.45, 2.75) is 20.3 Å². The van der Waals surface area contributed by atoms with Crippen LogP contribution >= 0.6 is 12.2 Å². The Labute approximate surface area is 251 Å². The number of ketones is 1. The Bertz CT molecular complexity index is 1360. The van der Waals surface area contributed by atoms with E-state index in [9.17, 15) is 15.0 Å². The van der Waals surface area contributed by atoms with Gasteiger partial charge in [-0.15, -0.1) is 0 Å². The summed E-state index contributed by atoms with van der Waals surface area (Å²) in [4.78, 5) is 18.3. The van der Waals surface area contributed by atoms with Crippen LogP contribution in [0.15, 0.2) is 82.8 Å². The molecule has 4 aromatic carbocycles. The number of nitrogens with zero attached hydrogens (tertiary/aromatic N) is 3. The van der Waals surface area contributed by atoms with E-state index in [-0.39, 0.29) is 34.4 Å². The minimum absolute atomic E-state index is 0. The number of hydrogen-bond acceptors (Lipinski definition) is 7. The molecule has 0 aromatic heterocycles. The van der Waals surface area contributed by atoms with E-state index in [0.29, 0.717) is 24.2 Å². The summed E-state index contributed by atoms with van der Waals surface area (Å²) in [5.74, 6) is 0.154. The molecular weight excluding hydrogens is 564 g/mol. The first kappa shape index (κ1) is 34.3. The largest absolute Gasteiger partial charge is 4.00 e. The first-order valence-electron chi connectivity index (χ1n) is 12.4. The average Bonchev–Trinajstić information content (AvgIpc) is 2.92. The monoisotopic (exact) mass is 595 g/mol. The topological polar surface area (TPSA) is 122 Å². The van der Waals surface area contributed by atoms with Gasteiger partial charge in [-0.05, 0) is 59.5 Å². The van der Waals surface area contributed by atoms with Crippen molar-refractivity contribution in [1.29, 1.82) is 0 Å². The van der Waals surface area contributed by atoms with Crippen molar-refractivity contribution >= 4 is 57.1 Å². The van der Waals surface area contributed by atoms with Crippen molar-refractivity contribution in [3.05, 3.63) is 89.3 Å². The maximum absolute atomic E-state index is 12.2. The number of isothiocyanates is 1. The smallest absolute Gasteiger partial charge is 0.872 e. The van der Waals surface area contributed by atoms with E-state index in [0.717, 1.165) is 41.1 Å². The number of rotatable bonds is 9. The standard InChI is InChI=1S/C27H27N3O2.C3H6O.CNS.Fe/c31-26-12-10-20-6-1-3-8-22(20)24(26)18-29-15-5-14-28-16-17-30-19-25-23-9-4-2-7-21(23)11-13-27(25)32;1-3(2)4;2-1-3;/h1-4,6-13,18-19,28,31-32H,5,14-17H2;1-2H3;;/q;;-1;+4/p-2. The quantitative estimate of drug-likeness (QED) is 0.128. The van der Waals surface area contributed by atoms with Crippen LogP contribution in [-0.2, 0) is 21.9 Å². The van der Waals surface area contributed by atoms with Gasteiger partial charge in [-0.1, -0.05) is 96.5 Å². The van der Waals surface area contributed by atoms with Crippen LogP contribution < -0.4 is 15.5 Å². The van der Waals surface area contributed by atoms with Gasteiger partial charge < -0.3 is 25.7 Å². The fraction of sp³-hybridized carbons (Fsp3) is 0.226. The zero-order valence-corrected chi connectivity index (χ0v) is 24.4. The van der Waals surface area contributed by atoms with E-state index in [1.165, 1.54) is 19.0 Å². The Morgan fingerprint density at radius 2 is 1.25 bits per heavy atom. The Kier molecular flexibility index (Phi) is 16.6. The summed E-state index contributed by atoms with van der Waals surface area (Å²) in [6.07, 6.45) is 4.24. The number of aliphatic imine (C=N–C) groups is 2. The molecular formula is C31H31FeN4O3S+. The summed E-state index contributed by atoms with van der Waals surface area (Å²) in [7, 11) is 0. The molecule has 4 aromatic rings. The molecule has 0 amide bonds. The van der Waals surface area contributed by atoms with E-state index >= 15 is 0 Å². The molecule has 7 nitrogen and oxygen atoms in total. The molecule has 0 aliphatic carbocycles. The third kappa shape index (κ3) is 11.6. The zero-order valence-electron chi connectivity index (χ0n) is 22.4. The number of nitrogens with one attached hydrogen (secondary N) is 1. The molecule has 1 N–H and O–H groups in total. The minimum Gasteiger partial charge on any atom is -0.872 e. The zero-order chi connectivity index (χ0) is 28.5. The molecule has 0 saturated heterocycles. The molecule has 0 aliphatic heterocycles. The van der Waals surface area contributed by atoms with Gasteiger partial charge in [0.1, 0.15) is 5.78 Å². The number of carbonyl (C=O) groups excluding carboxylic acids is 1. The van der Waals surface area contributed by atoms with Gasteiger partial charge in [-0.2, -0.15) is 5.16 Å². The third-order valence-electron chi connectivity index (χ3n) is 5.36. The van der Waals surface area contributed by atoms with Crippen LogP contribution in [0, 0.1) is 0 Å². The van der Waals surface area contributed by atoms with Crippen molar-refractivity contribution in [2.24, 2.45) is 9.98 Å². The van der Waals surface area contributed by atoms with E-state index in [1.807, 2.05) is 60.7 Å². The van der Waals surface area contributed by atoms with Crippen molar-refractivity contribution in [1.82, 2.24) is 5.32 Å². The summed E-state index contributed by atoms with van der Waals surface area (Å²) in [6.45, 7) is 5.84. The van der Waals surface area contributed by atoms with Gasteiger partial charge in [-0.25, -0.2) is 0 Å². The van der Waals surface area contributed by atoms with Crippen molar-refractivity contribution in [2.75, 3.05) is 26.2 Å². The SMILES string of the molecule is CC(C)=O.[Fe+4].[N-]=C=S.[O-]c1ccc2ccccc2c1C=NCCCNCCN=Cc1c([O-])ccc2ccccc12. The van der Waals surface area contributed by atoms with Gasteiger partial charge in [0.05, 0.1) is 6.54 Å². The van der Waals surface area contributed by atoms with Crippen LogP contribution in [0.4, 0.5) is 0 Å². The molecule has 206 valence electrons. The summed E-state index contributed by atoms with van der Waals surface area (Å²) < 4.78 is 0. The molecule has 0 heterocycles. The summed E-state index contributed by atoms with van der Waals surface area (Å²) in [6, 6.07) is 22.6. The molecule has 0 spiro atoms. The van der Waals surface area contributed by atoms with Crippen LogP contribution in [0.2, 0.25) is 0 Å². The van der Waals surface area contributed by atoms with E-state index in [1.54, 1.807) is 24.6 Å². The Balaban J connectivity index is 0.000000902. The van der Waals surface area contributed by atoms with Crippen molar-refractivity contribution in [3.63, 3.8) is 0 Å². The third-order valence-corrected chi connectivity index (χ3v) is 5.36. The molecule has 9 heteroatoms. The second-order valence-electron chi connectivity index (χ2n) is 8.57. The van der Waals surface area contributed by atoms with Crippen LogP contribution in [0.5, 0.6) is 11.5 Å². The van der Waals surface area contributed by atoms with Crippen LogP contribution in [-0.4, -0.2) is 49.6 Å². The molecule has 40 heavy (non-hydrogen) atoms. The number of benzene rings is 4. The Morgan fingerprint density at radius 1 is 0.825 bits per heavy atom. The molecule has 0 unspecified atom stereocenters. The van der Waals surface area contributed by atoms with Crippen molar-refractivity contribution < 1.29 is 32.1 Å². The number of Topliss-reactive ketones (excluding diaryl/α,β-unsaturated/α-hetero) is 1. The number of hydrogen-bond donors (Lipinski definition) is 1. The predicted molar refractivity (Wildman–Crippen MR) is 162 cm³/mol. The normalized spacial score (nSPS) is 10.3. The van der Waals surface area contributed by atoms with Gasteiger partial charge in [0.25, 0.3) is 0 Å². The van der Waals surface area contributed by atoms with E-state index in [4.69, 9.17) is 5.41 Å². The van der Waals surface area contributed by atoms with Gasteiger partial charge >= 0.3 is 17.1 Å². The maximum atomic E-state index is 12.2. The summed E-state index contributed by atoms with van der Waals surface area (Å²) in [5, 5.41) is 40.1. The number of thiocarbonyl (C=S) groups is 1. The second-order valence-corrected chi connectivity index (χ2v) is 8.75. The fourth-order valence-electron chi connectivity index (χ4n) is 3.69. The summed E-state index contributed by atoms with van der Waals surface area (Å²) in [5.41, 5.74) is 1.29. The predicted octanol–water partition coefficient (Wildman–Crippen LogP) is 4.91. The molecule has 0 saturated carbocycles. The summed E-state index contributed by atoms with van der Waals surface area (Å²) >= 11 is 3.70. The maximum Gasteiger partial charge on any atom is 4.00 e. The fourth-order valence-corrected chi connectivity index (χ4v) is 3.69. The first-order chi connectivity index (χ1) is 18.9. The number of fused-ring (bicyclic) bond motifs is 2. The molecule has 0 fully saturated rings. The molecule has 0 bridgehead atoms. The Hall–Kier alpha value is -3.71. The van der Waals surface area contributed by atoms with Crippen LogP contribution in [0.25, 0.3) is 27.0 Å². The minimum atomic E-state index is -0.00861. The van der Waals surface area contributed by atoms with E-state index in [2.05, 4.69) is 27.5 Å². The van der Waals surface area contributed by atoms with Gasteiger partial charge in [-0.3, -0.25) is 9.98 Å². The average molecular weight is 596 g/mol. The molecule has 4 rings (SSSR count). The molecule has 0 atom stereocenters. The molecule has 0 radical (unpaired) electrons. The second kappa shape index (κ2) is 19.4. The van der Waals surface area contributed by atoms with Gasteiger partial charge in [0.15, 0.2) is 0 Å².